The van der Waals surface area contributed by atoms with Crippen LogP contribution in [0.1, 0.15) is 35.6 Å². The van der Waals surface area contributed by atoms with Crippen molar-refractivity contribution in [3.05, 3.63) is 58.4 Å². The van der Waals surface area contributed by atoms with E-state index in [0.717, 1.165) is 36.1 Å². The molecular formula is C16H16ClNO2. The third-order valence-electron chi connectivity index (χ3n) is 3.65. The Hall–Kier alpha value is -1.58. The molecule has 4 heteroatoms. The zero-order valence-electron chi connectivity index (χ0n) is 11.1. The summed E-state index contributed by atoms with van der Waals surface area (Å²) in [6.45, 7) is 0.419. The van der Waals surface area contributed by atoms with Gasteiger partial charge in [0.25, 0.3) is 0 Å². The molecule has 1 atom stereocenters. The van der Waals surface area contributed by atoms with Gasteiger partial charge in [-0.15, -0.1) is 0 Å². The van der Waals surface area contributed by atoms with Crippen LogP contribution in [-0.2, 0) is 13.0 Å². The van der Waals surface area contributed by atoms with E-state index in [-0.39, 0.29) is 6.10 Å². The highest BCUT2D eigenvalue weighted by Crippen LogP contribution is 2.32. The van der Waals surface area contributed by atoms with Crippen LogP contribution in [-0.4, -0.2) is 10.1 Å². The predicted molar refractivity (Wildman–Crippen MR) is 77.9 cm³/mol. The first-order valence-electron chi connectivity index (χ1n) is 6.76. The maximum absolute atomic E-state index is 9.93. The number of fused-ring (bicyclic) bond motifs is 1. The number of aliphatic hydroxyl groups is 1. The van der Waals surface area contributed by atoms with Crippen LogP contribution in [0.3, 0.4) is 0 Å². The number of hydrogen-bond donors (Lipinski definition) is 1. The number of hydrogen-bond acceptors (Lipinski definition) is 3. The van der Waals surface area contributed by atoms with Crippen LogP contribution in [0.5, 0.6) is 5.75 Å². The minimum Gasteiger partial charge on any atom is -0.489 e. The summed E-state index contributed by atoms with van der Waals surface area (Å²) in [5.74, 6) is 0.811. The van der Waals surface area contributed by atoms with E-state index >= 15 is 0 Å². The molecule has 0 spiro atoms. The summed E-state index contributed by atoms with van der Waals surface area (Å²) in [5, 5.41) is 10.5. The van der Waals surface area contributed by atoms with Crippen LogP contribution < -0.4 is 4.74 Å². The van der Waals surface area contributed by atoms with Crippen molar-refractivity contribution in [2.24, 2.45) is 0 Å². The maximum atomic E-state index is 9.93. The van der Waals surface area contributed by atoms with E-state index in [1.54, 1.807) is 12.4 Å². The number of pyridine rings is 1. The average molecular weight is 290 g/mol. The van der Waals surface area contributed by atoms with Crippen molar-refractivity contribution >= 4 is 11.6 Å². The Bertz CT molecular complexity index is 615. The third kappa shape index (κ3) is 2.79. The fraction of sp³-hybridized carbons (Fsp3) is 0.312. The molecule has 3 nitrogen and oxygen atoms in total. The Morgan fingerprint density at radius 3 is 3.10 bits per heavy atom. The van der Waals surface area contributed by atoms with Gasteiger partial charge < -0.3 is 9.84 Å². The van der Waals surface area contributed by atoms with E-state index in [1.165, 1.54) is 5.56 Å². The number of aromatic nitrogens is 1. The van der Waals surface area contributed by atoms with Crippen molar-refractivity contribution in [3.63, 3.8) is 0 Å². The molecule has 1 aromatic heterocycles. The van der Waals surface area contributed by atoms with Crippen LogP contribution in [0.4, 0.5) is 0 Å². The van der Waals surface area contributed by atoms with Crippen LogP contribution in [0.2, 0.25) is 5.02 Å². The normalized spacial score (nSPS) is 17.6. The minimum atomic E-state index is -0.331. The highest BCUT2D eigenvalue weighted by Gasteiger charge is 2.18. The van der Waals surface area contributed by atoms with Gasteiger partial charge in [0.1, 0.15) is 12.4 Å². The molecule has 0 fully saturated rings. The molecule has 104 valence electrons. The van der Waals surface area contributed by atoms with Gasteiger partial charge in [-0.05, 0) is 48.6 Å². The molecule has 0 amide bonds. The SMILES string of the molecule is OC1CCCc2cc(OCc3ccncc3Cl)ccc21. The molecule has 0 saturated heterocycles. The van der Waals surface area contributed by atoms with E-state index in [2.05, 4.69) is 4.98 Å². The summed E-state index contributed by atoms with van der Waals surface area (Å²) >= 11 is 6.05. The molecule has 1 aromatic carbocycles. The molecule has 1 aliphatic carbocycles. The molecule has 0 bridgehead atoms. The Kier molecular flexibility index (Phi) is 3.90. The summed E-state index contributed by atoms with van der Waals surface area (Å²) in [6.07, 6.45) is 5.85. The largest absolute Gasteiger partial charge is 0.489 e. The molecule has 1 N–H and O–H groups in total. The van der Waals surface area contributed by atoms with E-state index in [4.69, 9.17) is 16.3 Å². The van der Waals surface area contributed by atoms with Gasteiger partial charge in [-0.3, -0.25) is 4.98 Å². The van der Waals surface area contributed by atoms with Gasteiger partial charge in [-0.2, -0.15) is 0 Å². The summed E-state index contributed by atoms with van der Waals surface area (Å²) in [5.41, 5.74) is 3.13. The number of halogens is 1. The van der Waals surface area contributed by atoms with Gasteiger partial charge in [0, 0.05) is 18.0 Å². The van der Waals surface area contributed by atoms with Gasteiger partial charge in [0.05, 0.1) is 11.1 Å². The second-order valence-electron chi connectivity index (χ2n) is 5.02. The number of nitrogens with zero attached hydrogens (tertiary/aromatic N) is 1. The number of aryl methyl sites for hydroxylation is 1. The van der Waals surface area contributed by atoms with Gasteiger partial charge in [-0.1, -0.05) is 17.7 Å². The standard InChI is InChI=1S/C16H16ClNO2/c17-15-9-18-7-6-12(15)10-20-13-4-5-14-11(8-13)2-1-3-16(14)19/h4-9,16,19H,1-3,10H2. The first-order chi connectivity index (χ1) is 9.74. The van der Waals surface area contributed by atoms with Crippen molar-refractivity contribution < 1.29 is 9.84 Å². The lowest BCUT2D eigenvalue weighted by Gasteiger charge is -2.21. The Balaban J connectivity index is 1.74. The zero-order valence-corrected chi connectivity index (χ0v) is 11.8. The summed E-state index contributed by atoms with van der Waals surface area (Å²) < 4.78 is 5.78. The zero-order chi connectivity index (χ0) is 13.9. The number of benzene rings is 1. The fourth-order valence-electron chi connectivity index (χ4n) is 2.54. The highest BCUT2D eigenvalue weighted by molar-refractivity contribution is 6.31. The Morgan fingerprint density at radius 1 is 1.35 bits per heavy atom. The van der Waals surface area contributed by atoms with Crippen molar-refractivity contribution in [1.29, 1.82) is 0 Å². The summed E-state index contributed by atoms with van der Waals surface area (Å²) in [7, 11) is 0. The monoisotopic (exact) mass is 289 g/mol. The van der Waals surface area contributed by atoms with Crippen molar-refractivity contribution in [1.82, 2.24) is 4.98 Å². The molecule has 20 heavy (non-hydrogen) atoms. The molecular weight excluding hydrogens is 274 g/mol. The van der Waals surface area contributed by atoms with Crippen molar-refractivity contribution in [2.45, 2.75) is 32.0 Å². The fourth-order valence-corrected chi connectivity index (χ4v) is 2.71. The van der Waals surface area contributed by atoms with Gasteiger partial charge in [0.15, 0.2) is 0 Å². The average Bonchev–Trinajstić information content (AvgIpc) is 2.46. The molecule has 0 saturated carbocycles. The lowest BCUT2D eigenvalue weighted by Crippen LogP contribution is -2.09. The summed E-state index contributed by atoms with van der Waals surface area (Å²) in [4.78, 5) is 3.95. The topological polar surface area (TPSA) is 42.4 Å². The molecule has 1 aliphatic rings. The van der Waals surface area contributed by atoms with Gasteiger partial charge >= 0.3 is 0 Å². The van der Waals surface area contributed by atoms with Crippen molar-refractivity contribution in [3.8, 4) is 5.75 Å². The van der Waals surface area contributed by atoms with Crippen LogP contribution in [0.25, 0.3) is 0 Å². The quantitative estimate of drug-likeness (QED) is 0.937. The summed E-state index contributed by atoms with van der Waals surface area (Å²) in [6, 6.07) is 7.74. The lowest BCUT2D eigenvalue weighted by molar-refractivity contribution is 0.156. The van der Waals surface area contributed by atoms with Gasteiger partial charge in [-0.25, -0.2) is 0 Å². The van der Waals surface area contributed by atoms with E-state index < -0.39 is 0 Å². The Labute approximate surface area is 123 Å². The van der Waals surface area contributed by atoms with E-state index in [0.29, 0.717) is 11.6 Å². The Morgan fingerprint density at radius 2 is 2.25 bits per heavy atom. The maximum Gasteiger partial charge on any atom is 0.120 e. The number of aliphatic hydroxyl groups excluding tert-OH is 1. The van der Waals surface area contributed by atoms with Crippen molar-refractivity contribution in [2.75, 3.05) is 0 Å². The van der Waals surface area contributed by atoms with Crippen LogP contribution in [0.15, 0.2) is 36.7 Å². The first-order valence-corrected chi connectivity index (χ1v) is 7.14. The van der Waals surface area contributed by atoms with E-state index in [1.807, 2.05) is 24.3 Å². The first kappa shape index (κ1) is 13.4. The molecule has 3 rings (SSSR count). The highest BCUT2D eigenvalue weighted by atomic mass is 35.5. The minimum absolute atomic E-state index is 0.331. The third-order valence-corrected chi connectivity index (χ3v) is 3.99. The number of rotatable bonds is 3. The van der Waals surface area contributed by atoms with Crippen LogP contribution >= 0.6 is 11.6 Å². The van der Waals surface area contributed by atoms with Gasteiger partial charge in [0.2, 0.25) is 0 Å². The molecule has 2 aromatic rings. The number of ether oxygens (including phenoxy) is 1. The molecule has 1 heterocycles. The molecule has 0 radical (unpaired) electrons. The smallest absolute Gasteiger partial charge is 0.120 e. The molecule has 0 aliphatic heterocycles. The predicted octanol–water partition coefficient (Wildman–Crippen LogP) is 3.68. The van der Waals surface area contributed by atoms with E-state index in [9.17, 15) is 5.11 Å². The second-order valence-corrected chi connectivity index (χ2v) is 5.43. The van der Waals surface area contributed by atoms with Crippen LogP contribution in [0, 0.1) is 0 Å². The lowest BCUT2D eigenvalue weighted by atomic mass is 9.89. The molecule has 1 unspecified atom stereocenters. The second kappa shape index (κ2) is 5.81.